The molecule has 0 fully saturated rings. The van der Waals surface area contributed by atoms with Gasteiger partial charge in [-0.2, -0.15) is 13.2 Å². The first kappa shape index (κ1) is 11.5. The first-order valence-corrected chi connectivity index (χ1v) is 4.42. The Morgan fingerprint density at radius 1 is 1.50 bits per heavy atom. The zero-order valence-corrected chi connectivity index (χ0v) is 8.74. The second-order valence-electron chi connectivity index (χ2n) is 2.31. The van der Waals surface area contributed by atoms with Crippen LogP contribution in [0, 0.1) is 0 Å². The minimum absolute atomic E-state index is 0.120. The van der Waals surface area contributed by atoms with Crippen molar-refractivity contribution >= 4 is 33.3 Å². The van der Waals surface area contributed by atoms with Crippen molar-refractivity contribution in [1.29, 1.82) is 0 Å². The van der Waals surface area contributed by atoms with E-state index in [4.69, 9.17) is 11.6 Å². The molecule has 0 amide bonds. The van der Waals surface area contributed by atoms with Crippen LogP contribution >= 0.6 is 27.5 Å². The van der Waals surface area contributed by atoms with E-state index in [1.54, 1.807) is 0 Å². The van der Waals surface area contributed by atoms with Crippen LogP contribution in [0.3, 0.4) is 0 Å². The molecule has 14 heavy (non-hydrogen) atoms. The van der Waals surface area contributed by atoms with Crippen molar-refractivity contribution in [2.75, 3.05) is 0 Å². The van der Waals surface area contributed by atoms with Gasteiger partial charge in [0.05, 0.1) is 10.6 Å². The van der Waals surface area contributed by atoms with Gasteiger partial charge in [-0.05, 0) is 22.0 Å². The summed E-state index contributed by atoms with van der Waals surface area (Å²) in [5, 5.41) is -0.324. The maximum atomic E-state index is 12.0. The summed E-state index contributed by atoms with van der Waals surface area (Å²) < 4.78 is 36.1. The highest BCUT2D eigenvalue weighted by Gasteiger charge is 2.40. The van der Waals surface area contributed by atoms with E-state index in [1.807, 2.05) is 0 Å². The molecule has 0 atom stereocenters. The van der Waals surface area contributed by atoms with Crippen molar-refractivity contribution < 1.29 is 18.0 Å². The Labute approximate surface area is 90.2 Å². The number of hydrogen-bond donors (Lipinski definition) is 0. The first-order valence-electron chi connectivity index (χ1n) is 3.25. The van der Waals surface area contributed by atoms with E-state index in [0.29, 0.717) is 0 Å². The summed E-state index contributed by atoms with van der Waals surface area (Å²) >= 11 is 8.23. The van der Waals surface area contributed by atoms with Crippen molar-refractivity contribution in [3.63, 3.8) is 0 Å². The van der Waals surface area contributed by atoms with Crippen LogP contribution in [0.2, 0.25) is 5.02 Å². The molecule has 76 valence electrons. The quantitative estimate of drug-likeness (QED) is 0.586. The fourth-order valence-electron chi connectivity index (χ4n) is 0.740. The van der Waals surface area contributed by atoms with E-state index in [0.717, 1.165) is 12.3 Å². The van der Waals surface area contributed by atoms with E-state index < -0.39 is 17.5 Å². The van der Waals surface area contributed by atoms with Gasteiger partial charge in [-0.3, -0.25) is 4.79 Å². The third-order valence-electron chi connectivity index (χ3n) is 1.32. The number of carbonyl (C=O) groups excluding carboxylic acids is 1. The molecule has 0 bridgehead atoms. The Balaban J connectivity index is 3.19. The van der Waals surface area contributed by atoms with Gasteiger partial charge in [0.1, 0.15) is 4.60 Å². The molecule has 0 aromatic carbocycles. The summed E-state index contributed by atoms with van der Waals surface area (Å²) in [6.45, 7) is 0. The van der Waals surface area contributed by atoms with Crippen LogP contribution < -0.4 is 0 Å². The van der Waals surface area contributed by atoms with Crippen molar-refractivity contribution in [2.45, 2.75) is 6.18 Å². The van der Waals surface area contributed by atoms with Gasteiger partial charge in [0.2, 0.25) is 0 Å². The number of halogens is 5. The maximum Gasteiger partial charge on any atom is 0.454 e. The Hall–Kier alpha value is -0.620. The molecule has 1 heterocycles. The monoisotopic (exact) mass is 287 g/mol. The Bertz CT molecular complexity index is 380. The average Bonchev–Trinajstić information content (AvgIpc) is 2.06. The van der Waals surface area contributed by atoms with Crippen LogP contribution in [0.5, 0.6) is 0 Å². The molecule has 0 radical (unpaired) electrons. The molecule has 0 aliphatic rings. The molecule has 1 rings (SSSR count). The SMILES string of the molecule is O=C(c1cc(Br)ncc1Cl)C(F)(F)F. The van der Waals surface area contributed by atoms with Gasteiger partial charge in [-0.15, -0.1) is 0 Å². The number of Topliss-reactive ketones (excluding diaryl/α,β-unsaturated/α-hetero) is 1. The number of aromatic nitrogens is 1. The van der Waals surface area contributed by atoms with Gasteiger partial charge in [0.15, 0.2) is 0 Å². The van der Waals surface area contributed by atoms with Gasteiger partial charge in [0, 0.05) is 6.20 Å². The Morgan fingerprint density at radius 3 is 2.57 bits per heavy atom. The highest BCUT2D eigenvalue weighted by Crippen LogP contribution is 2.27. The summed E-state index contributed by atoms with van der Waals surface area (Å²) in [7, 11) is 0. The van der Waals surface area contributed by atoms with Gasteiger partial charge in [-0.1, -0.05) is 11.6 Å². The maximum absolute atomic E-state index is 12.0. The van der Waals surface area contributed by atoms with Crippen molar-refractivity contribution in [3.05, 3.63) is 27.5 Å². The Kier molecular flexibility index (Phi) is 3.16. The van der Waals surface area contributed by atoms with E-state index in [-0.39, 0.29) is 9.63 Å². The number of carbonyl (C=O) groups is 1. The van der Waals surface area contributed by atoms with Gasteiger partial charge in [0.25, 0.3) is 5.78 Å². The molecular weight excluding hydrogens is 286 g/mol. The topological polar surface area (TPSA) is 30.0 Å². The van der Waals surface area contributed by atoms with Crippen molar-refractivity contribution in [1.82, 2.24) is 4.98 Å². The molecule has 1 aromatic heterocycles. The number of pyridine rings is 1. The zero-order chi connectivity index (χ0) is 10.9. The lowest BCUT2D eigenvalue weighted by Gasteiger charge is -2.06. The smallest absolute Gasteiger partial charge is 0.284 e. The summed E-state index contributed by atoms with van der Waals surface area (Å²) in [4.78, 5) is 14.4. The molecule has 0 saturated heterocycles. The summed E-state index contributed by atoms with van der Waals surface area (Å²) in [6, 6.07) is 0.929. The number of nitrogens with zero attached hydrogens (tertiary/aromatic N) is 1. The van der Waals surface area contributed by atoms with Crippen LogP contribution in [0.4, 0.5) is 13.2 Å². The Morgan fingerprint density at radius 2 is 2.07 bits per heavy atom. The minimum atomic E-state index is -4.93. The van der Waals surface area contributed by atoms with Crippen LogP contribution in [0.1, 0.15) is 10.4 Å². The van der Waals surface area contributed by atoms with Gasteiger partial charge >= 0.3 is 6.18 Å². The predicted molar refractivity (Wildman–Crippen MR) is 47.3 cm³/mol. The predicted octanol–water partition coefficient (Wildman–Crippen LogP) is 3.24. The molecule has 1 aromatic rings. The first-order chi connectivity index (χ1) is 6.32. The van der Waals surface area contributed by atoms with Gasteiger partial charge in [-0.25, -0.2) is 4.98 Å². The van der Waals surface area contributed by atoms with Gasteiger partial charge < -0.3 is 0 Å². The zero-order valence-electron chi connectivity index (χ0n) is 6.40. The fourth-order valence-corrected chi connectivity index (χ4v) is 1.26. The van der Waals surface area contributed by atoms with Crippen LogP contribution in [0.25, 0.3) is 0 Å². The second-order valence-corrected chi connectivity index (χ2v) is 3.53. The lowest BCUT2D eigenvalue weighted by Crippen LogP contribution is -2.23. The lowest BCUT2D eigenvalue weighted by atomic mass is 10.2. The fraction of sp³-hybridized carbons (Fsp3) is 0.143. The largest absolute Gasteiger partial charge is 0.454 e. The highest BCUT2D eigenvalue weighted by atomic mass is 79.9. The number of hydrogen-bond acceptors (Lipinski definition) is 2. The summed E-state index contributed by atoms with van der Waals surface area (Å²) in [5.41, 5.74) is -0.610. The molecule has 0 aliphatic heterocycles. The molecule has 0 N–H and O–H groups in total. The molecule has 7 heteroatoms. The number of alkyl halides is 3. The van der Waals surface area contributed by atoms with E-state index >= 15 is 0 Å². The third-order valence-corrected chi connectivity index (χ3v) is 2.06. The van der Waals surface area contributed by atoms with E-state index in [1.165, 1.54) is 0 Å². The molecule has 0 spiro atoms. The minimum Gasteiger partial charge on any atom is -0.284 e. The number of ketones is 1. The average molecular weight is 288 g/mol. The van der Waals surface area contributed by atoms with Crippen LogP contribution in [0.15, 0.2) is 16.9 Å². The molecule has 0 aliphatic carbocycles. The second kappa shape index (κ2) is 3.86. The lowest BCUT2D eigenvalue weighted by molar-refractivity contribution is -0.0885. The highest BCUT2D eigenvalue weighted by molar-refractivity contribution is 9.10. The molecular formula is C7H2BrClF3NO. The normalized spacial score (nSPS) is 11.5. The number of rotatable bonds is 1. The van der Waals surface area contributed by atoms with Crippen molar-refractivity contribution in [3.8, 4) is 0 Å². The molecule has 2 nitrogen and oxygen atoms in total. The van der Waals surface area contributed by atoms with E-state index in [9.17, 15) is 18.0 Å². The summed E-state index contributed by atoms with van der Waals surface area (Å²) in [5.74, 6) is -1.98. The third kappa shape index (κ3) is 2.45. The summed E-state index contributed by atoms with van der Waals surface area (Å²) in [6.07, 6.45) is -3.95. The van der Waals surface area contributed by atoms with Crippen LogP contribution in [-0.2, 0) is 0 Å². The molecule has 0 unspecified atom stereocenters. The van der Waals surface area contributed by atoms with Crippen LogP contribution in [-0.4, -0.2) is 16.9 Å². The van der Waals surface area contributed by atoms with Crippen molar-refractivity contribution in [2.24, 2.45) is 0 Å². The molecule has 0 saturated carbocycles. The van der Waals surface area contributed by atoms with E-state index in [2.05, 4.69) is 20.9 Å². The standard InChI is InChI=1S/C7H2BrClF3NO/c8-5-1-3(4(9)2-13-5)6(14)7(10,11)12/h1-2H.